The molecule has 8 heteroatoms. The van der Waals surface area contributed by atoms with Gasteiger partial charge in [-0.15, -0.1) is 0 Å². The van der Waals surface area contributed by atoms with Crippen LogP contribution < -0.4 is 15.4 Å². The second-order valence-electron chi connectivity index (χ2n) is 7.92. The second kappa shape index (κ2) is 8.54. The molecule has 2 aromatic carbocycles. The molecule has 3 N–H and O–H groups in total. The molecule has 1 aliphatic heterocycles. The minimum absolute atomic E-state index is 0.448. The van der Waals surface area contributed by atoms with Gasteiger partial charge >= 0.3 is 12.1 Å². The minimum Gasteiger partial charge on any atom is -0.480 e. The van der Waals surface area contributed by atoms with Crippen molar-refractivity contribution in [3.05, 3.63) is 59.7 Å². The smallest absolute Gasteiger partial charge is 0.414 e. The maximum atomic E-state index is 12.2. The summed E-state index contributed by atoms with van der Waals surface area (Å²) in [7, 11) is 0. The summed E-state index contributed by atoms with van der Waals surface area (Å²) in [5.41, 5.74) is 0.745. The van der Waals surface area contributed by atoms with E-state index >= 15 is 0 Å². The van der Waals surface area contributed by atoms with Gasteiger partial charge in [-0.3, -0.25) is 20.2 Å². The monoisotopic (exact) mass is 412 g/mol. The number of carbonyl (C=O) groups is 3. The molecule has 0 radical (unpaired) electrons. The number of alkyl carbamates (subject to hydrolysis) is 1. The number of ether oxygens (including phenoxy) is 2. The van der Waals surface area contributed by atoms with E-state index in [0.717, 1.165) is 11.1 Å². The van der Waals surface area contributed by atoms with Crippen molar-refractivity contribution in [1.29, 1.82) is 0 Å². The van der Waals surface area contributed by atoms with E-state index in [9.17, 15) is 19.5 Å². The van der Waals surface area contributed by atoms with E-state index in [0.29, 0.717) is 11.5 Å². The van der Waals surface area contributed by atoms with E-state index in [1.165, 1.54) is 0 Å². The fourth-order valence-corrected chi connectivity index (χ4v) is 3.16. The molecule has 0 spiro atoms. The van der Waals surface area contributed by atoms with E-state index < -0.39 is 42.1 Å². The topological polar surface area (TPSA) is 114 Å². The normalized spacial score (nSPS) is 14.0. The van der Waals surface area contributed by atoms with Gasteiger partial charge in [0.25, 0.3) is 0 Å². The number of benzene rings is 2. The average molecular weight is 412 g/mol. The molecule has 0 saturated carbocycles. The number of carbonyl (C=O) groups excluding carboxylic acids is 2. The zero-order chi connectivity index (χ0) is 21.9. The Morgan fingerprint density at radius 1 is 1.03 bits per heavy atom. The third-order valence-corrected chi connectivity index (χ3v) is 4.38. The largest absolute Gasteiger partial charge is 0.480 e. The van der Waals surface area contributed by atoms with E-state index in [4.69, 9.17) is 9.47 Å². The lowest BCUT2D eigenvalue weighted by Crippen LogP contribution is -2.45. The number of hydrogen-bond acceptors (Lipinski definition) is 6. The molecule has 0 fully saturated rings. The zero-order valence-electron chi connectivity index (χ0n) is 17.0. The number of aliphatic carboxylic acids is 1. The third kappa shape index (κ3) is 5.15. The standard InChI is InChI=1S/C22H24N2O6/c1-22(2,3)30-21(28)24-18(25)12-15(20(26)27)23-19-13-8-4-6-10-16(13)29-17-11-7-5-9-14(17)19/h4-11,15,19,23H,12H2,1-3H3,(H,26,27)(H,24,25,28)/t15-/m0/s1. The molecule has 1 aliphatic rings. The number of hydrogen-bond donors (Lipinski definition) is 3. The molecule has 0 unspecified atom stereocenters. The summed E-state index contributed by atoms with van der Waals surface area (Å²) in [5, 5.41) is 14.8. The van der Waals surface area contributed by atoms with Crippen LogP contribution in [0.4, 0.5) is 4.79 Å². The highest BCUT2D eigenvalue weighted by molar-refractivity contribution is 5.94. The molecule has 0 saturated heterocycles. The summed E-state index contributed by atoms with van der Waals surface area (Å²) in [6.45, 7) is 5.00. The van der Waals surface area contributed by atoms with Gasteiger partial charge in [0.05, 0.1) is 12.5 Å². The first-order valence-corrected chi connectivity index (χ1v) is 9.51. The number of fused-ring (bicyclic) bond motifs is 2. The Morgan fingerprint density at radius 3 is 2.07 bits per heavy atom. The third-order valence-electron chi connectivity index (χ3n) is 4.38. The van der Waals surface area contributed by atoms with Crippen LogP contribution in [0.3, 0.4) is 0 Å². The van der Waals surface area contributed by atoms with Crippen molar-refractivity contribution >= 4 is 18.0 Å². The summed E-state index contributed by atoms with van der Waals surface area (Å²) < 4.78 is 10.9. The average Bonchev–Trinajstić information content (AvgIpc) is 2.65. The molecule has 158 valence electrons. The molecule has 30 heavy (non-hydrogen) atoms. The van der Waals surface area contributed by atoms with Crippen molar-refractivity contribution in [3.8, 4) is 11.5 Å². The van der Waals surface area contributed by atoms with Crippen LogP contribution in [0.2, 0.25) is 0 Å². The first-order valence-electron chi connectivity index (χ1n) is 9.51. The summed E-state index contributed by atoms with van der Waals surface area (Å²) in [4.78, 5) is 35.9. The number of para-hydroxylation sites is 2. The van der Waals surface area contributed by atoms with Gasteiger partial charge < -0.3 is 14.6 Å². The molecule has 2 aromatic rings. The van der Waals surface area contributed by atoms with Crippen molar-refractivity contribution in [1.82, 2.24) is 10.6 Å². The van der Waals surface area contributed by atoms with Crippen LogP contribution in [0.5, 0.6) is 11.5 Å². The van der Waals surface area contributed by atoms with Gasteiger partial charge in [-0.05, 0) is 32.9 Å². The Balaban J connectivity index is 1.78. The van der Waals surface area contributed by atoms with Crippen molar-refractivity contribution in [3.63, 3.8) is 0 Å². The van der Waals surface area contributed by atoms with Crippen LogP contribution in [0.25, 0.3) is 0 Å². The molecular weight excluding hydrogens is 388 g/mol. The molecule has 0 aromatic heterocycles. The van der Waals surface area contributed by atoms with Crippen LogP contribution in [-0.4, -0.2) is 34.7 Å². The number of imide groups is 1. The van der Waals surface area contributed by atoms with Gasteiger partial charge in [-0.25, -0.2) is 4.79 Å². The highest BCUT2D eigenvalue weighted by Gasteiger charge is 2.32. The van der Waals surface area contributed by atoms with E-state index in [2.05, 4.69) is 10.6 Å². The van der Waals surface area contributed by atoms with Crippen molar-refractivity contribution in [2.24, 2.45) is 0 Å². The number of nitrogens with one attached hydrogen (secondary N) is 2. The van der Waals surface area contributed by atoms with E-state index in [1.54, 1.807) is 32.9 Å². The van der Waals surface area contributed by atoms with E-state index in [-0.39, 0.29) is 0 Å². The van der Waals surface area contributed by atoms with Crippen LogP contribution in [-0.2, 0) is 14.3 Å². The van der Waals surface area contributed by atoms with Gasteiger partial charge in [-0.2, -0.15) is 0 Å². The summed E-state index contributed by atoms with van der Waals surface area (Å²) in [5.74, 6) is -0.749. The molecule has 1 heterocycles. The predicted octanol–water partition coefficient (Wildman–Crippen LogP) is 3.37. The van der Waals surface area contributed by atoms with Crippen molar-refractivity contribution in [2.45, 2.75) is 44.9 Å². The Kier molecular flexibility index (Phi) is 6.07. The first kappa shape index (κ1) is 21.3. The zero-order valence-corrected chi connectivity index (χ0v) is 17.0. The number of carboxylic acids is 1. The molecule has 2 amide bonds. The van der Waals surface area contributed by atoms with Crippen molar-refractivity contribution < 1.29 is 29.0 Å². The lowest BCUT2D eigenvalue weighted by atomic mass is 9.93. The number of carboxylic acid groups (broad SMARTS) is 1. The van der Waals surface area contributed by atoms with Crippen LogP contribution in [0.1, 0.15) is 44.4 Å². The SMILES string of the molecule is CC(C)(C)OC(=O)NC(=O)C[C@H](NC1c2ccccc2Oc2ccccc21)C(=O)O. The predicted molar refractivity (Wildman–Crippen MR) is 108 cm³/mol. The van der Waals surface area contributed by atoms with Crippen LogP contribution in [0, 0.1) is 0 Å². The fourth-order valence-electron chi connectivity index (χ4n) is 3.16. The summed E-state index contributed by atoms with van der Waals surface area (Å²) in [6.07, 6.45) is -1.37. The first-order chi connectivity index (χ1) is 14.1. The minimum atomic E-state index is -1.24. The highest BCUT2D eigenvalue weighted by Crippen LogP contribution is 2.42. The molecule has 8 nitrogen and oxygen atoms in total. The Morgan fingerprint density at radius 2 is 1.57 bits per heavy atom. The van der Waals surface area contributed by atoms with Gasteiger partial charge in [-0.1, -0.05) is 36.4 Å². The molecule has 0 aliphatic carbocycles. The Labute approximate surface area is 174 Å². The Hall–Kier alpha value is -3.39. The maximum Gasteiger partial charge on any atom is 0.414 e. The lowest BCUT2D eigenvalue weighted by molar-refractivity contribution is -0.141. The molecular formula is C22H24N2O6. The van der Waals surface area contributed by atoms with Gasteiger partial charge in [0.15, 0.2) is 0 Å². The van der Waals surface area contributed by atoms with Gasteiger partial charge in [0.2, 0.25) is 5.91 Å². The lowest BCUT2D eigenvalue weighted by Gasteiger charge is -2.30. The molecule has 3 rings (SSSR count). The quantitative estimate of drug-likeness (QED) is 0.690. The highest BCUT2D eigenvalue weighted by atomic mass is 16.6. The van der Waals surface area contributed by atoms with Crippen LogP contribution in [0.15, 0.2) is 48.5 Å². The van der Waals surface area contributed by atoms with Crippen molar-refractivity contribution in [2.75, 3.05) is 0 Å². The fraction of sp³-hybridized carbons (Fsp3) is 0.318. The van der Waals surface area contributed by atoms with Gasteiger partial charge in [0, 0.05) is 11.1 Å². The second-order valence-corrected chi connectivity index (χ2v) is 7.92. The summed E-state index contributed by atoms with van der Waals surface area (Å²) >= 11 is 0. The van der Waals surface area contributed by atoms with Crippen LogP contribution >= 0.6 is 0 Å². The molecule has 1 atom stereocenters. The number of rotatable bonds is 5. The van der Waals surface area contributed by atoms with Gasteiger partial charge in [0.1, 0.15) is 23.1 Å². The molecule has 0 bridgehead atoms. The maximum absolute atomic E-state index is 12.2. The Bertz CT molecular complexity index is 921. The van der Waals surface area contributed by atoms with E-state index in [1.807, 2.05) is 36.4 Å². The number of amides is 2. The summed E-state index contributed by atoms with van der Waals surface area (Å²) in [6, 6.07) is 12.8.